The van der Waals surface area contributed by atoms with Gasteiger partial charge in [-0.25, -0.2) is 8.42 Å². The molecule has 0 fully saturated rings. The first kappa shape index (κ1) is 16.5. The Labute approximate surface area is 142 Å². The van der Waals surface area contributed by atoms with E-state index in [9.17, 15) is 13.2 Å². The van der Waals surface area contributed by atoms with Crippen molar-refractivity contribution in [1.29, 1.82) is 0 Å². The van der Waals surface area contributed by atoms with E-state index in [-0.39, 0.29) is 11.7 Å². The van der Waals surface area contributed by atoms with Crippen LogP contribution in [0.5, 0.6) is 0 Å². The number of aryl methyl sites for hydroxylation is 2. The van der Waals surface area contributed by atoms with Gasteiger partial charge in [0.05, 0.1) is 11.8 Å². The van der Waals surface area contributed by atoms with Crippen LogP contribution in [0.15, 0.2) is 60.0 Å². The van der Waals surface area contributed by atoms with Crippen LogP contribution in [0.1, 0.15) is 21.5 Å². The summed E-state index contributed by atoms with van der Waals surface area (Å²) in [6.07, 6.45) is 1.59. The number of benzene rings is 2. The average Bonchev–Trinajstić information content (AvgIpc) is 2.87. The van der Waals surface area contributed by atoms with Gasteiger partial charge < -0.3 is 4.90 Å². The average molecular weight is 341 g/mol. The van der Waals surface area contributed by atoms with Crippen molar-refractivity contribution in [2.24, 2.45) is 0 Å². The van der Waals surface area contributed by atoms with Gasteiger partial charge in [-0.1, -0.05) is 35.4 Å². The molecule has 0 N–H and O–H groups in total. The largest absolute Gasteiger partial charge is 0.300 e. The summed E-state index contributed by atoms with van der Waals surface area (Å²) in [5, 5.41) is 1.20. The van der Waals surface area contributed by atoms with Crippen LogP contribution < -0.4 is 4.90 Å². The maximum atomic E-state index is 13.1. The Hall–Kier alpha value is -2.40. The van der Waals surface area contributed by atoms with Crippen molar-refractivity contribution in [3.8, 4) is 0 Å². The number of rotatable bonds is 3. The lowest BCUT2D eigenvalue weighted by Gasteiger charge is -2.28. The van der Waals surface area contributed by atoms with Gasteiger partial charge >= 0.3 is 0 Å². The van der Waals surface area contributed by atoms with Crippen LogP contribution in [-0.2, 0) is 9.84 Å². The van der Waals surface area contributed by atoms with E-state index in [1.165, 1.54) is 5.41 Å². The van der Waals surface area contributed by atoms with Crippen molar-refractivity contribution in [3.63, 3.8) is 0 Å². The molecule has 0 aliphatic carbocycles. The summed E-state index contributed by atoms with van der Waals surface area (Å²) < 4.78 is 23.6. The van der Waals surface area contributed by atoms with Gasteiger partial charge in [0, 0.05) is 16.7 Å². The van der Waals surface area contributed by atoms with Gasteiger partial charge in [-0.3, -0.25) is 4.79 Å². The molecule has 2 aromatic carbocycles. The van der Waals surface area contributed by atoms with E-state index in [1.807, 2.05) is 62.4 Å². The fourth-order valence-electron chi connectivity index (χ4n) is 3.01. The molecule has 124 valence electrons. The van der Waals surface area contributed by atoms with Crippen molar-refractivity contribution >= 4 is 21.4 Å². The molecule has 0 saturated carbocycles. The van der Waals surface area contributed by atoms with Crippen LogP contribution in [0.25, 0.3) is 0 Å². The highest BCUT2D eigenvalue weighted by molar-refractivity contribution is 7.94. The molecule has 0 spiro atoms. The molecule has 5 heteroatoms. The van der Waals surface area contributed by atoms with Crippen LogP contribution in [0.2, 0.25) is 0 Å². The van der Waals surface area contributed by atoms with E-state index in [1.54, 1.807) is 11.0 Å². The lowest BCUT2D eigenvalue weighted by Crippen LogP contribution is -2.41. The molecule has 1 amide bonds. The third-order valence-corrected chi connectivity index (χ3v) is 5.34. The van der Waals surface area contributed by atoms with E-state index in [4.69, 9.17) is 0 Å². The van der Waals surface area contributed by atoms with E-state index >= 15 is 0 Å². The molecule has 3 rings (SSSR count). The second-order valence-corrected chi connectivity index (χ2v) is 8.04. The van der Waals surface area contributed by atoms with Gasteiger partial charge in [-0.15, -0.1) is 0 Å². The molecule has 24 heavy (non-hydrogen) atoms. The predicted octanol–water partition coefficient (Wildman–Crippen LogP) is 3.26. The Bertz CT molecular complexity index is 881. The fourth-order valence-corrected chi connectivity index (χ4v) is 4.27. The Morgan fingerprint density at radius 2 is 1.67 bits per heavy atom. The van der Waals surface area contributed by atoms with Gasteiger partial charge in [0.2, 0.25) is 0 Å². The number of hydrogen-bond acceptors (Lipinski definition) is 3. The fraction of sp³-hybridized carbons (Fsp3) is 0.211. The predicted molar refractivity (Wildman–Crippen MR) is 95.9 cm³/mol. The van der Waals surface area contributed by atoms with Gasteiger partial charge in [0.15, 0.2) is 9.84 Å². The third kappa shape index (κ3) is 3.41. The Morgan fingerprint density at radius 1 is 1.04 bits per heavy atom. The molecular weight excluding hydrogens is 322 g/mol. The van der Waals surface area contributed by atoms with E-state index < -0.39 is 15.9 Å². The number of nitrogens with zero attached hydrogens (tertiary/aromatic N) is 1. The smallest absolute Gasteiger partial charge is 0.258 e. The summed E-state index contributed by atoms with van der Waals surface area (Å²) in [4.78, 5) is 14.7. The minimum Gasteiger partial charge on any atom is -0.300 e. The molecule has 1 aliphatic rings. The SMILES string of the molecule is Cc1cc(C)cc(C(=O)N(c2ccccc2)[C@@H]2C=CS(=O)(=O)C2)c1. The van der Waals surface area contributed by atoms with Crippen LogP contribution in [-0.4, -0.2) is 26.1 Å². The van der Waals surface area contributed by atoms with Crippen LogP contribution in [0.4, 0.5) is 5.69 Å². The highest BCUT2D eigenvalue weighted by Gasteiger charge is 2.32. The second kappa shape index (κ2) is 6.24. The van der Waals surface area contributed by atoms with Crippen LogP contribution in [0.3, 0.4) is 0 Å². The Balaban J connectivity index is 2.05. The van der Waals surface area contributed by atoms with Crippen molar-refractivity contribution < 1.29 is 13.2 Å². The second-order valence-electron chi connectivity index (χ2n) is 6.11. The van der Waals surface area contributed by atoms with Crippen LogP contribution in [0, 0.1) is 13.8 Å². The lowest BCUT2D eigenvalue weighted by molar-refractivity contribution is 0.0983. The highest BCUT2D eigenvalue weighted by Crippen LogP contribution is 2.25. The molecule has 0 unspecified atom stereocenters. The number of anilines is 1. The quantitative estimate of drug-likeness (QED) is 0.861. The maximum absolute atomic E-state index is 13.1. The Morgan fingerprint density at radius 3 is 2.21 bits per heavy atom. The minimum absolute atomic E-state index is 0.0849. The molecule has 1 atom stereocenters. The van der Waals surface area contributed by atoms with Crippen molar-refractivity contribution in [3.05, 3.63) is 76.7 Å². The molecule has 0 radical (unpaired) electrons. The summed E-state index contributed by atoms with van der Waals surface area (Å²) in [5.41, 5.74) is 3.25. The Kier molecular flexibility index (Phi) is 4.28. The van der Waals surface area contributed by atoms with Gasteiger partial charge in [-0.2, -0.15) is 0 Å². The molecule has 1 aliphatic heterocycles. The molecule has 2 aromatic rings. The third-order valence-electron chi connectivity index (χ3n) is 3.96. The van der Waals surface area contributed by atoms with Gasteiger partial charge in [0.25, 0.3) is 5.91 Å². The monoisotopic (exact) mass is 341 g/mol. The van der Waals surface area contributed by atoms with Gasteiger partial charge in [-0.05, 0) is 44.2 Å². The van der Waals surface area contributed by atoms with E-state index in [2.05, 4.69) is 0 Å². The van der Waals surface area contributed by atoms with Gasteiger partial charge in [0.1, 0.15) is 0 Å². The summed E-state index contributed by atoms with van der Waals surface area (Å²) in [6, 6.07) is 14.4. The van der Waals surface area contributed by atoms with Crippen LogP contribution >= 0.6 is 0 Å². The zero-order valence-electron chi connectivity index (χ0n) is 13.6. The molecular formula is C19H19NO3S. The maximum Gasteiger partial charge on any atom is 0.258 e. The summed E-state index contributed by atoms with van der Waals surface area (Å²) in [6.45, 7) is 3.88. The summed E-state index contributed by atoms with van der Waals surface area (Å²) in [5.74, 6) is -0.280. The molecule has 0 bridgehead atoms. The number of para-hydroxylation sites is 1. The van der Waals surface area contributed by atoms with E-state index in [0.29, 0.717) is 11.3 Å². The zero-order chi connectivity index (χ0) is 17.3. The zero-order valence-corrected chi connectivity index (χ0v) is 14.5. The summed E-state index contributed by atoms with van der Waals surface area (Å²) >= 11 is 0. The lowest BCUT2D eigenvalue weighted by atomic mass is 10.1. The summed E-state index contributed by atoms with van der Waals surface area (Å²) in [7, 11) is -3.25. The molecule has 4 nitrogen and oxygen atoms in total. The first-order valence-corrected chi connectivity index (χ1v) is 9.45. The molecule has 0 saturated heterocycles. The highest BCUT2D eigenvalue weighted by atomic mass is 32.2. The number of amides is 1. The number of hydrogen-bond donors (Lipinski definition) is 0. The topological polar surface area (TPSA) is 54.5 Å². The number of carbonyl (C=O) groups excluding carboxylic acids is 1. The normalized spacial score (nSPS) is 18.5. The van der Waals surface area contributed by atoms with Crippen molar-refractivity contribution in [2.75, 3.05) is 10.7 Å². The first-order valence-electron chi connectivity index (χ1n) is 7.73. The van der Waals surface area contributed by atoms with Crippen molar-refractivity contribution in [1.82, 2.24) is 0 Å². The number of sulfone groups is 1. The standard InChI is InChI=1S/C19H19NO3S/c1-14-10-15(2)12-16(11-14)19(21)20(17-6-4-3-5-7-17)18-8-9-24(22,23)13-18/h3-12,18H,13H2,1-2H3/t18-/m1/s1. The van der Waals surface area contributed by atoms with Crippen molar-refractivity contribution in [2.45, 2.75) is 19.9 Å². The molecule has 1 heterocycles. The minimum atomic E-state index is -3.25. The number of carbonyl (C=O) groups is 1. The first-order chi connectivity index (χ1) is 11.4. The van der Waals surface area contributed by atoms with E-state index in [0.717, 1.165) is 11.1 Å². The molecule has 0 aromatic heterocycles.